The van der Waals surface area contributed by atoms with E-state index in [0.717, 1.165) is 50.5 Å². The number of Topliss-reactive ketones (excluding diaryl/α,β-unsaturated/α-hetero) is 1. The van der Waals surface area contributed by atoms with Gasteiger partial charge in [0.1, 0.15) is 0 Å². The van der Waals surface area contributed by atoms with Crippen molar-refractivity contribution in [1.29, 1.82) is 0 Å². The second-order valence-electron chi connectivity index (χ2n) is 6.96. The van der Waals surface area contributed by atoms with E-state index in [1.54, 1.807) is 12.1 Å². The second kappa shape index (κ2) is 9.51. The third-order valence-electron chi connectivity index (χ3n) is 4.92. The zero-order chi connectivity index (χ0) is 19.9. The quantitative estimate of drug-likeness (QED) is 0.611. The number of aliphatic hydroxyl groups is 1. The van der Waals surface area contributed by atoms with Crippen molar-refractivity contribution >= 4 is 17.4 Å². The Bertz CT molecular complexity index is 717. The molecular formula is C22H29NO4. The van der Waals surface area contributed by atoms with Crippen molar-refractivity contribution < 1.29 is 19.8 Å². The summed E-state index contributed by atoms with van der Waals surface area (Å²) in [7, 11) is 0. The number of nitrogens with zero attached hydrogens (tertiary/aromatic N) is 1. The molecule has 2 atom stereocenters. The van der Waals surface area contributed by atoms with Crippen LogP contribution in [0.2, 0.25) is 0 Å². The SMILES string of the molecule is CCCCN(CCCC)c1cccc(C(=O)C2C=CC=CC2(O)C(=O)O)c1. The number of carbonyl (C=O) groups is 2. The topological polar surface area (TPSA) is 77.8 Å². The number of hydrogen-bond donors (Lipinski definition) is 2. The molecule has 0 saturated heterocycles. The Labute approximate surface area is 161 Å². The Morgan fingerprint density at radius 2 is 1.78 bits per heavy atom. The molecule has 0 bridgehead atoms. The highest BCUT2D eigenvalue weighted by molar-refractivity contribution is 6.04. The maximum absolute atomic E-state index is 13.0. The summed E-state index contributed by atoms with van der Waals surface area (Å²) in [5.74, 6) is -2.96. The van der Waals surface area contributed by atoms with E-state index < -0.39 is 23.3 Å². The van der Waals surface area contributed by atoms with Gasteiger partial charge in [0.2, 0.25) is 0 Å². The van der Waals surface area contributed by atoms with Crippen LogP contribution >= 0.6 is 0 Å². The van der Waals surface area contributed by atoms with Crippen molar-refractivity contribution in [3.8, 4) is 0 Å². The number of aliphatic carboxylic acids is 1. The van der Waals surface area contributed by atoms with Crippen molar-refractivity contribution in [2.75, 3.05) is 18.0 Å². The fraction of sp³-hybridized carbons (Fsp3) is 0.455. The molecule has 0 fully saturated rings. The highest BCUT2D eigenvalue weighted by atomic mass is 16.4. The van der Waals surface area contributed by atoms with Crippen molar-refractivity contribution in [2.24, 2.45) is 5.92 Å². The fourth-order valence-electron chi connectivity index (χ4n) is 3.22. The summed E-state index contributed by atoms with van der Waals surface area (Å²) in [6, 6.07) is 7.28. The minimum absolute atomic E-state index is 0.395. The molecular weight excluding hydrogens is 342 g/mol. The van der Waals surface area contributed by atoms with Crippen LogP contribution in [0.5, 0.6) is 0 Å². The van der Waals surface area contributed by atoms with E-state index in [2.05, 4.69) is 18.7 Å². The number of carboxylic acids is 1. The first-order valence-corrected chi connectivity index (χ1v) is 9.65. The monoisotopic (exact) mass is 371 g/mol. The molecule has 27 heavy (non-hydrogen) atoms. The number of unbranched alkanes of at least 4 members (excludes halogenated alkanes) is 2. The van der Waals surface area contributed by atoms with Gasteiger partial charge in [-0.25, -0.2) is 4.79 Å². The molecule has 146 valence electrons. The standard InChI is InChI=1S/C22H29NO4/c1-3-5-14-23(15-6-4-2)18-11-9-10-17(16-18)20(24)19-12-7-8-13-22(19,27)21(25)26/h7-13,16,19,27H,3-6,14-15H2,1-2H3,(H,25,26). The first-order chi connectivity index (χ1) is 12.9. The zero-order valence-electron chi connectivity index (χ0n) is 16.1. The van der Waals surface area contributed by atoms with Crippen molar-refractivity contribution in [3.05, 3.63) is 54.1 Å². The highest BCUT2D eigenvalue weighted by Gasteiger charge is 2.45. The third-order valence-corrected chi connectivity index (χ3v) is 4.92. The molecule has 0 saturated carbocycles. The van der Waals surface area contributed by atoms with Gasteiger partial charge in [-0.1, -0.05) is 57.0 Å². The first kappa shape index (κ1) is 20.9. The Morgan fingerprint density at radius 1 is 1.11 bits per heavy atom. The fourth-order valence-corrected chi connectivity index (χ4v) is 3.22. The molecule has 0 aromatic heterocycles. The van der Waals surface area contributed by atoms with Gasteiger partial charge in [0.15, 0.2) is 11.4 Å². The summed E-state index contributed by atoms with van der Waals surface area (Å²) in [5.41, 5.74) is -0.849. The molecule has 1 aliphatic carbocycles. The van der Waals surface area contributed by atoms with Gasteiger partial charge >= 0.3 is 5.97 Å². The van der Waals surface area contributed by atoms with Gasteiger partial charge in [0, 0.05) is 24.3 Å². The average Bonchev–Trinajstić information content (AvgIpc) is 2.68. The normalized spacial score (nSPS) is 21.2. The highest BCUT2D eigenvalue weighted by Crippen LogP contribution is 2.29. The largest absolute Gasteiger partial charge is 0.479 e. The van der Waals surface area contributed by atoms with Gasteiger partial charge in [-0.05, 0) is 31.1 Å². The molecule has 0 aliphatic heterocycles. The average molecular weight is 371 g/mol. The van der Waals surface area contributed by atoms with E-state index >= 15 is 0 Å². The van der Waals surface area contributed by atoms with E-state index in [0.29, 0.717) is 5.56 Å². The Hall–Kier alpha value is -2.40. The van der Waals surface area contributed by atoms with E-state index in [9.17, 15) is 19.8 Å². The zero-order valence-corrected chi connectivity index (χ0v) is 16.1. The summed E-state index contributed by atoms with van der Waals surface area (Å²) in [5, 5.41) is 19.9. The van der Waals surface area contributed by atoms with Crippen LogP contribution in [0.4, 0.5) is 5.69 Å². The minimum atomic E-state index is -2.22. The lowest BCUT2D eigenvalue weighted by molar-refractivity contribution is -0.155. The predicted molar refractivity (Wildman–Crippen MR) is 107 cm³/mol. The van der Waals surface area contributed by atoms with E-state index in [1.165, 1.54) is 12.2 Å². The number of ketones is 1. The van der Waals surface area contributed by atoms with Gasteiger partial charge in [-0.15, -0.1) is 0 Å². The summed E-state index contributed by atoms with van der Waals surface area (Å²) < 4.78 is 0. The van der Waals surface area contributed by atoms with E-state index in [4.69, 9.17) is 0 Å². The summed E-state index contributed by atoms with van der Waals surface area (Å²) in [4.78, 5) is 26.8. The van der Waals surface area contributed by atoms with Crippen LogP contribution in [-0.4, -0.2) is 40.7 Å². The van der Waals surface area contributed by atoms with Crippen LogP contribution in [0.3, 0.4) is 0 Å². The molecule has 5 nitrogen and oxygen atoms in total. The molecule has 1 aromatic carbocycles. The van der Waals surface area contributed by atoms with Crippen LogP contribution in [-0.2, 0) is 4.79 Å². The Balaban J connectivity index is 2.29. The smallest absolute Gasteiger partial charge is 0.340 e. The molecule has 2 N–H and O–H groups in total. The molecule has 0 amide bonds. The third kappa shape index (κ3) is 4.86. The van der Waals surface area contributed by atoms with Gasteiger partial charge in [-0.3, -0.25) is 4.79 Å². The number of hydrogen-bond acceptors (Lipinski definition) is 4. The number of carbonyl (C=O) groups excluding carboxylic acids is 1. The van der Waals surface area contributed by atoms with Crippen molar-refractivity contribution in [1.82, 2.24) is 0 Å². The van der Waals surface area contributed by atoms with Crippen molar-refractivity contribution in [3.63, 3.8) is 0 Å². The van der Waals surface area contributed by atoms with Crippen LogP contribution in [0.1, 0.15) is 49.9 Å². The molecule has 5 heteroatoms. The number of anilines is 1. The molecule has 0 spiro atoms. The van der Waals surface area contributed by atoms with Crippen LogP contribution < -0.4 is 4.90 Å². The molecule has 2 rings (SSSR count). The second-order valence-corrected chi connectivity index (χ2v) is 6.96. The summed E-state index contributed by atoms with van der Waals surface area (Å²) in [6.07, 6.45) is 9.97. The molecule has 0 heterocycles. The lowest BCUT2D eigenvalue weighted by Gasteiger charge is -2.29. The summed E-state index contributed by atoms with van der Waals surface area (Å²) in [6.45, 7) is 6.12. The Kier molecular flexibility index (Phi) is 7.36. The van der Waals surface area contributed by atoms with Gasteiger partial charge in [-0.2, -0.15) is 0 Å². The number of carboxylic acid groups (broad SMARTS) is 1. The molecule has 1 aliphatic rings. The minimum Gasteiger partial charge on any atom is -0.479 e. The lowest BCUT2D eigenvalue weighted by Crippen LogP contribution is -2.47. The first-order valence-electron chi connectivity index (χ1n) is 9.65. The number of allylic oxidation sites excluding steroid dienone is 2. The maximum atomic E-state index is 13.0. The number of rotatable bonds is 10. The number of benzene rings is 1. The van der Waals surface area contributed by atoms with Crippen LogP contribution in [0.25, 0.3) is 0 Å². The van der Waals surface area contributed by atoms with E-state index in [-0.39, 0.29) is 0 Å². The lowest BCUT2D eigenvalue weighted by atomic mass is 9.79. The predicted octanol–water partition coefficient (Wildman–Crippen LogP) is 3.83. The molecule has 0 radical (unpaired) electrons. The maximum Gasteiger partial charge on any atom is 0.340 e. The van der Waals surface area contributed by atoms with Gasteiger partial charge < -0.3 is 15.1 Å². The van der Waals surface area contributed by atoms with Gasteiger partial charge in [0.25, 0.3) is 0 Å². The van der Waals surface area contributed by atoms with Crippen LogP contribution in [0.15, 0.2) is 48.6 Å². The molecule has 1 aromatic rings. The van der Waals surface area contributed by atoms with E-state index in [1.807, 2.05) is 18.2 Å². The molecule has 2 unspecified atom stereocenters. The van der Waals surface area contributed by atoms with Gasteiger partial charge in [0.05, 0.1) is 5.92 Å². The van der Waals surface area contributed by atoms with Crippen LogP contribution in [0, 0.1) is 5.92 Å². The summed E-state index contributed by atoms with van der Waals surface area (Å²) >= 11 is 0. The Morgan fingerprint density at radius 3 is 2.37 bits per heavy atom. The van der Waals surface area contributed by atoms with Crippen molar-refractivity contribution in [2.45, 2.75) is 45.1 Å².